The van der Waals surface area contributed by atoms with Gasteiger partial charge in [-0.25, -0.2) is 0 Å². The number of carbonyl (C=O) groups is 1. The molecule has 6 nitrogen and oxygen atoms in total. The van der Waals surface area contributed by atoms with Crippen molar-refractivity contribution in [1.29, 1.82) is 0 Å². The van der Waals surface area contributed by atoms with E-state index in [0.29, 0.717) is 28.1 Å². The molecule has 0 saturated carbocycles. The Morgan fingerprint density at radius 3 is 2.21 bits per heavy atom. The van der Waals surface area contributed by atoms with Crippen LogP contribution in [0.3, 0.4) is 0 Å². The molecule has 0 spiro atoms. The van der Waals surface area contributed by atoms with Gasteiger partial charge in [0.2, 0.25) is 5.82 Å². The van der Waals surface area contributed by atoms with Gasteiger partial charge in [-0.1, -0.05) is 53.7 Å². The molecule has 1 N–H and O–H groups in total. The van der Waals surface area contributed by atoms with Crippen LogP contribution < -0.4 is 0 Å². The molecular weight excluding hydrogens is 507 g/mol. The minimum Gasteiger partial charge on any atom is -0.480 e. The summed E-state index contributed by atoms with van der Waals surface area (Å²) in [4.78, 5) is 17.8. The van der Waals surface area contributed by atoms with Crippen molar-refractivity contribution in [3.05, 3.63) is 83.4 Å². The van der Waals surface area contributed by atoms with Gasteiger partial charge in [0.1, 0.15) is 0 Å². The highest BCUT2D eigenvalue weighted by Gasteiger charge is 2.33. The van der Waals surface area contributed by atoms with E-state index in [1.165, 1.54) is 12.1 Å². The summed E-state index contributed by atoms with van der Waals surface area (Å²) >= 11 is 0. The maximum absolute atomic E-state index is 13.5. The highest BCUT2D eigenvalue weighted by Crippen LogP contribution is 2.39. The smallest absolute Gasteiger partial charge is 0.417 e. The first-order chi connectivity index (χ1) is 18.3. The molecule has 3 aromatic carbocycles. The Morgan fingerprint density at radius 2 is 1.62 bits per heavy atom. The number of rotatable bonds is 7. The van der Waals surface area contributed by atoms with E-state index in [9.17, 15) is 23.1 Å². The number of aryl methyl sites for hydroxylation is 1. The van der Waals surface area contributed by atoms with E-state index in [1.54, 1.807) is 31.2 Å². The van der Waals surface area contributed by atoms with E-state index < -0.39 is 17.7 Å². The summed E-state index contributed by atoms with van der Waals surface area (Å²) in [6, 6.07) is 17.9. The van der Waals surface area contributed by atoms with Gasteiger partial charge in [-0.05, 0) is 75.1 Å². The normalized spacial score (nSPS) is 13.1. The molecule has 0 bridgehead atoms. The molecule has 0 radical (unpaired) electrons. The van der Waals surface area contributed by atoms with Crippen LogP contribution >= 0.6 is 0 Å². The number of benzene rings is 3. The fourth-order valence-electron chi connectivity index (χ4n) is 4.71. The number of hydrogen-bond donors (Lipinski definition) is 1. The third-order valence-electron chi connectivity index (χ3n) is 6.71. The molecular formula is C30H30F3N3O3. The fourth-order valence-corrected chi connectivity index (χ4v) is 4.71. The maximum Gasteiger partial charge on any atom is 0.417 e. The zero-order chi connectivity index (χ0) is 28.5. The SMILES string of the molecule is Cc1cc(-c2nc(-c3ccc(C(C)N(CC(=O)O)C(C)(C)C)cc3)no2)ccc1-c1ccccc1C(F)(F)F. The van der Waals surface area contributed by atoms with Crippen molar-refractivity contribution < 1.29 is 27.6 Å². The molecule has 1 atom stereocenters. The summed E-state index contributed by atoms with van der Waals surface area (Å²) in [5.74, 6) is -0.270. The average Bonchev–Trinajstić information content (AvgIpc) is 3.36. The molecule has 0 fully saturated rings. The fraction of sp³-hybridized carbons (Fsp3) is 0.300. The summed E-state index contributed by atoms with van der Waals surface area (Å²) in [6.45, 7) is 9.56. The number of halogens is 3. The Balaban J connectivity index is 1.57. The van der Waals surface area contributed by atoms with E-state index in [4.69, 9.17) is 4.52 Å². The number of carboxylic acid groups (broad SMARTS) is 1. The Hall–Kier alpha value is -3.98. The van der Waals surface area contributed by atoms with Crippen molar-refractivity contribution in [3.63, 3.8) is 0 Å². The third-order valence-corrected chi connectivity index (χ3v) is 6.71. The van der Waals surface area contributed by atoms with Gasteiger partial charge < -0.3 is 9.63 Å². The molecule has 1 unspecified atom stereocenters. The highest BCUT2D eigenvalue weighted by molar-refractivity contribution is 5.74. The highest BCUT2D eigenvalue weighted by atomic mass is 19.4. The lowest BCUT2D eigenvalue weighted by atomic mass is 9.94. The van der Waals surface area contributed by atoms with Crippen LogP contribution in [0, 0.1) is 6.92 Å². The van der Waals surface area contributed by atoms with E-state index in [0.717, 1.165) is 11.6 Å². The van der Waals surface area contributed by atoms with Crippen LogP contribution in [-0.2, 0) is 11.0 Å². The largest absolute Gasteiger partial charge is 0.480 e. The summed E-state index contributed by atoms with van der Waals surface area (Å²) in [5, 5.41) is 13.4. The monoisotopic (exact) mass is 537 g/mol. The number of alkyl halides is 3. The van der Waals surface area contributed by atoms with Crippen LogP contribution in [0.5, 0.6) is 0 Å². The number of nitrogens with zero attached hydrogens (tertiary/aromatic N) is 3. The van der Waals surface area contributed by atoms with Crippen molar-refractivity contribution in [2.45, 2.75) is 52.4 Å². The molecule has 0 aliphatic rings. The van der Waals surface area contributed by atoms with E-state index in [1.807, 2.05) is 56.9 Å². The Bertz CT molecular complexity index is 1470. The summed E-state index contributed by atoms with van der Waals surface area (Å²) in [5.41, 5.74) is 2.46. The second kappa shape index (κ2) is 10.6. The van der Waals surface area contributed by atoms with E-state index in [2.05, 4.69) is 10.1 Å². The summed E-state index contributed by atoms with van der Waals surface area (Å²) in [7, 11) is 0. The quantitative estimate of drug-likeness (QED) is 0.261. The van der Waals surface area contributed by atoms with Crippen LogP contribution in [0.4, 0.5) is 13.2 Å². The zero-order valence-electron chi connectivity index (χ0n) is 22.4. The molecule has 204 valence electrons. The van der Waals surface area contributed by atoms with Crippen LogP contribution in [0.25, 0.3) is 34.0 Å². The molecule has 1 aromatic heterocycles. The lowest BCUT2D eigenvalue weighted by molar-refractivity contribution is -0.140. The summed E-state index contributed by atoms with van der Waals surface area (Å²) < 4.78 is 46.0. The number of aliphatic carboxylic acids is 1. The number of carboxylic acids is 1. The lowest BCUT2D eigenvalue weighted by Crippen LogP contribution is -2.45. The van der Waals surface area contributed by atoms with Gasteiger partial charge in [0.15, 0.2) is 0 Å². The predicted molar refractivity (Wildman–Crippen MR) is 143 cm³/mol. The molecule has 4 rings (SSSR count). The van der Waals surface area contributed by atoms with Crippen LogP contribution in [0.15, 0.2) is 71.3 Å². The Morgan fingerprint density at radius 1 is 0.974 bits per heavy atom. The first kappa shape index (κ1) is 28.0. The molecule has 9 heteroatoms. The first-order valence-electron chi connectivity index (χ1n) is 12.5. The second-order valence-corrected chi connectivity index (χ2v) is 10.5. The van der Waals surface area contributed by atoms with Crippen molar-refractivity contribution in [3.8, 4) is 34.0 Å². The first-order valence-corrected chi connectivity index (χ1v) is 12.5. The standard InChI is InChI=1S/C30H30F3N3O3/c1-18-16-22(14-15-23(18)24-8-6-7-9-25(24)30(31,32)33)28-34-27(35-39-28)21-12-10-20(11-13-21)19(2)36(17-26(37)38)29(3,4)5/h6-16,19H,17H2,1-5H3,(H,37,38). The molecule has 1 heterocycles. The van der Waals surface area contributed by atoms with Crippen molar-refractivity contribution in [1.82, 2.24) is 15.0 Å². The van der Waals surface area contributed by atoms with Gasteiger partial charge in [-0.3, -0.25) is 9.69 Å². The van der Waals surface area contributed by atoms with Gasteiger partial charge in [0, 0.05) is 22.7 Å². The maximum atomic E-state index is 13.5. The predicted octanol–water partition coefficient (Wildman–Crippen LogP) is 7.64. The molecule has 39 heavy (non-hydrogen) atoms. The zero-order valence-corrected chi connectivity index (χ0v) is 22.4. The lowest BCUT2D eigenvalue weighted by Gasteiger charge is -2.39. The van der Waals surface area contributed by atoms with E-state index in [-0.39, 0.29) is 29.6 Å². The topological polar surface area (TPSA) is 79.5 Å². The van der Waals surface area contributed by atoms with Crippen molar-refractivity contribution in [2.24, 2.45) is 0 Å². The molecule has 0 aliphatic carbocycles. The van der Waals surface area contributed by atoms with Gasteiger partial charge in [0.25, 0.3) is 5.89 Å². The molecule has 0 amide bonds. The minimum absolute atomic E-state index is 0.0827. The van der Waals surface area contributed by atoms with Crippen molar-refractivity contribution >= 4 is 5.97 Å². The van der Waals surface area contributed by atoms with Crippen LogP contribution in [-0.4, -0.2) is 38.2 Å². The minimum atomic E-state index is -4.46. The van der Waals surface area contributed by atoms with Gasteiger partial charge in [-0.15, -0.1) is 0 Å². The van der Waals surface area contributed by atoms with Gasteiger partial charge >= 0.3 is 12.1 Å². The summed E-state index contributed by atoms with van der Waals surface area (Å²) in [6.07, 6.45) is -4.46. The third kappa shape index (κ3) is 6.20. The Kier molecular flexibility index (Phi) is 7.66. The Labute approximate surface area is 225 Å². The van der Waals surface area contributed by atoms with Gasteiger partial charge in [-0.2, -0.15) is 18.2 Å². The number of hydrogen-bond acceptors (Lipinski definition) is 5. The average molecular weight is 538 g/mol. The van der Waals surface area contributed by atoms with Crippen LogP contribution in [0.2, 0.25) is 0 Å². The second-order valence-electron chi connectivity index (χ2n) is 10.5. The van der Waals surface area contributed by atoms with Crippen molar-refractivity contribution in [2.75, 3.05) is 6.54 Å². The van der Waals surface area contributed by atoms with E-state index >= 15 is 0 Å². The molecule has 4 aromatic rings. The molecule has 0 aliphatic heterocycles. The van der Waals surface area contributed by atoms with Gasteiger partial charge in [0.05, 0.1) is 12.1 Å². The van der Waals surface area contributed by atoms with Crippen LogP contribution in [0.1, 0.15) is 50.4 Å². The molecule has 0 saturated heterocycles. The number of aromatic nitrogens is 2.